The van der Waals surface area contributed by atoms with Crippen LogP contribution in [0.25, 0.3) is 0 Å². The van der Waals surface area contributed by atoms with Gasteiger partial charge in [-0.2, -0.15) is 0 Å². The van der Waals surface area contributed by atoms with E-state index in [1.165, 1.54) is 0 Å². The maximum atomic E-state index is 11.8. The highest BCUT2D eigenvalue weighted by Crippen LogP contribution is 2.53. The lowest BCUT2D eigenvalue weighted by molar-refractivity contribution is -0.137. The lowest BCUT2D eigenvalue weighted by atomic mass is 9.86. The van der Waals surface area contributed by atoms with E-state index < -0.39 is 5.41 Å². The highest BCUT2D eigenvalue weighted by molar-refractivity contribution is 6.11. The molecular weight excluding hydrogens is 164 g/mol. The summed E-state index contributed by atoms with van der Waals surface area (Å²) in [6.07, 6.45) is 3.68. The normalized spacial score (nSPS) is 24.5. The molecular formula is C11H16O2. The minimum atomic E-state index is -0.505. The van der Waals surface area contributed by atoms with Crippen LogP contribution in [0.4, 0.5) is 0 Å². The highest BCUT2D eigenvalue weighted by Gasteiger charge is 2.59. The first kappa shape index (κ1) is 8.92. The van der Waals surface area contributed by atoms with E-state index in [0.29, 0.717) is 0 Å². The van der Waals surface area contributed by atoms with E-state index in [-0.39, 0.29) is 23.4 Å². The Morgan fingerprint density at radius 2 is 1.77 bits per heavy atom. The zero-order chi connectivity index (χ0) is 9.64. The molecule has 72 valence electrons. The molecule has 2 fully saturated rings. The SMILES string of the molecule is CC(C)C(=O)C1(C(=O)C2CC2)CC1. The predicted octanol–water partition coefficient (Wildman–Crippen LogP) is 1.97. The first-order valence-corrected chi connectivity index (χ1v) is 5.16. The fourth-order valence-electron chi connectivity index (χ4n) is 2.03. The molecule has 2 heteroatoms. The zero-order valence-electron chi connectivity index (χ0n) is 8.30. The summed E-state index contributed by atoms with van der Waals surface area (Å²) in [5.74, 6) is 0.700. The standard InChI is InChI=1S/C11H16O2/c1-7(2)9(12)11(5-6-11)10(13)8-3-4-8/h7-8H,3-6H2,1-2H3. The molecule has 0 atom stereocenters. The third kappa shape index (κ3) is 1.32. The number of Topliss-reactive ketones (excluding diaryl/α,β-unsaturated/α-hetero) is 2. The van der Waals surface area contributed by atoms with Gasteiger partial charge in [0, 0.05) is 11.8 Å². The van der Waals surface area contributed by atoms with Gasteiger partial charge in [0.25, 0.3) is 0 Å². The molecule has 2 saturated carbocycles. The fourth-order valence-corrected chi connectivity index (χ4v) is 2.03. The van der Waals surface area contributed by atoms with E-state index >= 15 is 0 Å². The average molecular weight is 180 g/mol. The molecule has 0 bridgehead atoms. The quantitative estimate of drug-likeness (QED) is 0.620. The summed E-state index contributed by atoms with van der Waals surface area (Å²) < 4.78 is 0. The van der Waals surface area contributed by atoms with E-state index in [0.717, 1.165) is 25.7 Å². The van der Waals surface area contributed by atoms with Gasteiger partial charge in [0.2, 0.25) is 0 Å². The second kappa shape index (κ2) is 2.66. The van der Waals surface area contributed by atoms with Crippen LogP contribution in [0, 0.1) is 17.3 Å². The molecule has 0 spiro atoms. The van der Waals surface area contributed by atoms with E-state index in [9.17, 15) is 9.59 Å². The maximum Gasteiger partial charge on any atom is 0.149 e. The number of carbonyl (C=O) groups excluding carboxylic acids is 2. The zero-order valence-corrected chi connectivity index (χ0v) is 8.30. The Morgan fingerprint density at radius 1 is 1.23 bits per heavy atom. The first-order chi connectivity index (χ1) is 6.08. The summed E-state index contributed by atoms with van der Waals surface area (Å²) in [5.41, 5.74) is -0.505. The van der Waals surface area contributed by atoms with Crippen molar-refractivity contribution in [2.75, 3.05) is 0 Å². The molecule has 0 saturated heterocycles. The maximum absolute atomic E-state index is 11.8. The van der Waals surface area contributed by atoms with Crippen molar-refractivity contribution in [2.45, 2.75) is 39.5 Å². The molecule has 0 heterocycles. The van der Waals surface area contributed by atoms with Gasteiger partial charge in [-0.3, -0.25) is 9.59 Å². The summed E-state index contributed by atoms with van der Waals surface area (Å²) >= 11 is 0. The van der Waals surface area contributed by atoms with Crippen LogP contribution >= 0.6 is 0 Å². The van der Waals surface area contributed by atoms with Crippen molar-refractivity contribution in [1.82, 2.24) is 0 Å². The van der Waals surface area contributed by atoms with Crippen molar-refractivity contribution in [3.05, 3.63) is 0 Å². The minimum Gasteiger partial charge on any atom is -0.298 e. The van der Waals surface area contributed by atoms with E-state index in [1.807, 2.05) is 13.8 Å². The number of hydrogen-bond acceptors (Lipinski definition) is 2. The van der Waals surface area contributed by atoms with Gasteiger partial charge in [-0.1, -0.05) is 13.8 Å². The third-order valence-electron chi connectivity index (χ3n) is 3.17. The Kier molecular flexibility index (Phi) is 1.83. The van der Waals surface area contributed by atoms with E-state index in [1.54, 1.807) is 0 Å². The summed E-state index contributed by atoms with van der Waals surface area (Å²) in [5, 5.41) is 0. The lowest BCUT2D eigenvalue weighted by Crippen LogP contribution is -2.30. The molecule has 13 heavy (non-hydrogen) atoms. The Balaban J connectivity index is 2.11. The molecule has 0 aromatic heterocycles. The number of rotatable bonds is 4. The van der Waals surface area contributed by atoms with Crippen LogP contribution in [-0.2, 0) is 9.59 Å². The van der Waals surface area contributed by atoms with Crippen molar-refractivity contribution < 1.29 is 9.59 Å². The van der Waals surface area contributed by atoms with Crippen LogP contribution in [0.5, 0.6) is 0 Å². The lowest BCUT2D eigenvalue weighted by Gasteiger charge is -2.14. The summed E-state index contributed by atoms with van der Waals surface area (Å²) in [6.45, 7) is 3.78. The number of ketones is 2. The second-order valence-electron chi connectivity index (χ2n) is 4.74. The predicted molar refractivity (Wildman–Crippen MR) is 49.2 cm³/mol. The highest BCUT2D eigenvalue weighted by atomic mass is 16.2. The molecule has 0 N–H and O–H groups in total. The molecule has 2 aliphatic carbocycles. The van der Waals surface area contributed by atoms with Gasteiger partial charge in [-0.05, 0) is 25.7 Å². The molecule has 0 amide bonds. The monoisotopic (exact) mass is 180 g/mol. The largest absolute Gasteiger partial charge is 0.298 e. The van der Waals surface area contributed by atoms with Crippen molar-refractivity contribution in [2.24, 2.45) is 17.3 Å². The Hall–Kier alpha value is -0.660. The van der Waals surface area contributed by atoms with Gasteiger partial charge in [0.05, 0.1) is 5.41 Å². The van der Waals surface area contributed by atoms with Crippen LogP contribution < -0.4 is 0 Å². The minimum absolute atomic E-state index is 0.0187. The van der Waals surface area contributed by atoms with Crippen molar-refractivity contribution >= 4 is 11.6 Å². The molecule has 0 aromatic carbocycles. The van der Waals surface area contributed by atoms with Crippen molar-refractivity contribution in [1.29, 1.82) is 0 Å². The molecule has 2 aliphatic rings. The van der Waals surface area contributed by atoms with Crippen molar-refractivity contribution in [3.63, 3.8) is 0 Å². The second-order valence-corrected chi connectivity index (χ2v) is 4.74. The topological polar surface area (TPSA) is 34.1 Å². The third-order valence-corrected chi connectivity index (χ3v) is 3.17. The van der Waals surface area contributed by atoms with Crippen LogP contribution in [0.15, 0.2) is 0 Å². The van der Waals surface area contributed by atoms with Crippen molar-refractivity contribution in [3.8, 4) is 0 Å². The Labute approximate surface area is 78.7 Å². The summed E-state index contributed by atoms with van der Waals surface area (Å²) in [4.78, 5) is 23.6. The van der Waals surface area contributed by atoms with Crippen LogP contribution in [-0.4, -0.2) is 11.6 Å². The Morgan fingerprint density at radius 3 is 2.08 bits per heavy atom. The molecule has 2 rings (SSSR count). The molecule has 0 aliphatic heterocycles. The fraction of sp³-hybridized carbons (Fsp3) is 0.818. The number of hydrogen-bond donors (Lipinski definition) is 0. The van der Waals surface area contributed by atoms with E-state index in [4.69, 9.17) is 0 Å². The average Bonchev–Trinajstić information content (AvgIpc) is 2.95. The summed E-state index contributed by atoms with van der Waals surface area (Å²) in [6, 6.07) is 0. The van der Waals surface area contributed by atoms with Gasteiger partial charge in [-0.15, -0.1) is 0 Å². The van der Waals surface area contributed by atoms with Gasteiger partial charge in [0.15, 0.2) is 0 Å². The van der Waals surface area contributed by atoms with Crippen LogP contribution in [0.2, 0.25) is 0 Å². The van der Waals surface area contributed by atoms with Crippen LogP contribution in [0.3, 0.4) is 0 Å². The Bertz CT molecular complexity index is 241. The molecule has 2 nitrogen and oxygen atoms in total. The van der Waals surface area contributed by atoms with Gasteiger partial charge in [0.1, 0.15) is 11.6 Å². The molecule has 0 unspecified atom stereocenters. The van der Waals surface area contributed by atoms with Gasteiger partial charge < -0.3 is 0 Å². The van der Waals surface area contributed by atoms with E-state index in [2.05, 4.69) is 0 Å². The molecule has 0 radical (unpaired) electrons. The van der Waals surface area contributed by atoms with Crippen LogP contribution in [0.1, 0.15) is 39.5 Å². The summed E-state index contributed by atoms with van der Waals surface area (Å²) in [7, 11) is 0. The smallest absolute Gasteiger partial charge is 0.149 e. The van der Waals surface area contributed by atoms with Gasteiger partial charge in [-0.25, -0.2) is 0 Å². The number of carbonyl (C=O) groups is 2. The van der Waals surface area contributed by atoms with Gasteiger partial charge >= 0.3 is 0 Å². The molecule has 0 aromatic rings. The first-order valence-electron chi connectivity index (χ1n) is 5.16.